The molecule has 1 N–H and O–H groups in total. The third-order valence-corrected chi connectivity index (χ3v) is 3.60. The number of hydrogen-bond donors (Lipinski definition) is 1. The van der Waals surface area contributed by atoms with Crippen LogP contribution in [-0.2, 0) is 4.79 Å². The first kappa shape index (κ1) is 15.5. The molecule has 1 atom stereocenters. The Kier molecular flexibility index (Phi) is 5.85. The first-order chi connectivity index (χ1) is 8.97. The number of amides is 1. The Morgan fingerprint density at radius 2 is 2.16 bits per heavy atom. The van der Waals surface area contributed by atoms with Crippen LogP contribution >= 0.6 is 11.6 Å². The van der Waals surface area contributed by atoms with Crippen molar-refractivity contribution in [2.24, 2.45) is 11.8 Å². The van der Waals surface area contributed by atoms with Gasteiger partial charge in [0.05, 0.1) is 10.6 Å². The van der Waals surface area contributed by atoms with E-state index in [9.17, 15) is 4.79 Å². The standard InChI is InChI=1S/C15H19ClN2O/c1-4-11(10(2)3)7-15(19)18-13-6-5-12(9-17)14(16)8-13/h5-6,8,10-11H,4,7H2,1-3H3,(H,18,19). The van der Waals surface area contributed by atoms with Crippen molar-refractivity contribution in [2.75, 3.05) is 5.32 Å². The van der Waals surface area contributed by atoms with E-state index in [1.807, 2.05) is 6.07 Å². The Bertz CT molecular complexity index is 491. The van der Waals surface area contributed by atoms with Gasteiger partial charge in [0.1, 0.15) is 6.07 Å². The van der Waals surface area contributed by atoms with Crippen LogP contribution in [0.3, 0.4) is 0 Å². The molecule has 1 aromatic rings. The van der Waals surface area contributed by atoms with Gasteiger partial charge in [0.2, 0.25) is 5.91 Å². The molecule has 0 aliphatic carbocycles. The summed E-state index contributed by atoms with van der Waals surface area (Å²) in [5.41, 5.74) is 1.04. The lowest BCUT2D eigenvalue weighted by Gasteiger charge is -2.18. The van der Waals surface area contributed by atoms with Crippen LogP contribution in [0.4, 0.5) is 5.69 Å². The van der Waals surface area contributed by atoms with Crippen LogP contribution in [0.25, 0.3) is 0 Å². The lowest BCUT2D eigenvalue weighted by Crippen LogP contribution is -2.19. The first-order valence-corrected chi connectivity index (χ1v) is 6.85. The van der Waals surface area contributed by atoms with Gasteiger partial charge in [0, 0.05) is 12.1 Å². The van der Waals surface area contributed by atoms with Crippen molar-refractivity contribution in [3.05, 3.63) is 28.8 Å². The van der Waals surface area contributed by atoms with Crippen molar-refractivity contribution < 1.29 is 4.79 Å². The molecule has 0 aliphatic rings. The van der Waals surface area contributed by atoms with Gasteiger partial charge < -0.3 is 5.32 Å². The van der Waals surface area contributed by atoms with Crippen LogP contribution in [0.2, 0.25) is 5.02 Å². The summed E-state index contributed by atoms with van der Waals surface area (Å²) in [7, 11) is 0. The maximum absolute atomic E-state index is 11.9. The van der Waals surface area contributed by atoms with Gasteiger partial charge in [-0.25, -0.2) is 0 Å². The van der Waals surface area contributed by atoms with E-state index in [1.54, 1.807) is 18.2 Å². The number of anilines is 1. The van der Waals surface area contributed by atoms with E-state index in [0.717, 1.165) is 6.42 Å². The molecule has 1 rings (SSSR count). The molecule has 0 bridgehead atoms. The summed E-state index contributed by atoms with van der Waals surface area (Å²) in [5.74, 6) is 0.857. The van der Waals surface area contributed by atoms with Crippen molar-refractivity contribution in [1.82, 2.24) is 0 Å². The van der Waals surface area contributed by atoms with Crippen molar-refractivity contribution in [1.29, 1.82) is 5.26 Å². The van der Waals surface area contributed by atoms with E-state index in [-0.39, 0.29) is 5.91 Å². The lowest BCUT2D eigenvalue weighted by atomic mass is 9.90. The third kappa shape index (κ3) is 4.57. The summed E-state index contributed by atoms with van der Waals surface area (Å²) < 4.78 is 0. The number of nitriles is 1. The average molecular weight is 279 g/mol. The largest absolute Gasteiger partial charge is 0.326 e. The molecule has 0 saturated heterocycles. The van der Waals surface area contributed by atoms with Crippen LogP contribution in [0.5, 0.6) is 0 Å². The Labute approximate surface area is 119 Å². The summed E-state index contributed by atoms with van der Waals surface area (Å²) >= 11 is 5.92. The number of carbonyl (C=O) groups excluding carboxylic acids is 1. The van der Waals surface area contributed by atoms with Gasteiger partial charge in [0.15, 0.2) is 0 Å². The molecule has 4 heteroatoms. The van der Waals surface area contributed by atoms with Crippen LogP contribution in [0.15, 0.2) is 18.2 Å². The highest BCUT2D eigenvalue weighted by Crippen LogP contribution is 2.22. The predicted octanol–water partition coefficient (Wildman–Crippen LogP) is 4.22. The second-order valence-electron chi connectivity index (χ2n) is 4.97. The molecule has 19 heavy (non-hydrogen) atoms. The molecule has 0 heterocycles. The summed E-state index contributed by atoms with van der Waals surface area (Å²) in [6, 6.07) is 6.89. The molecule has 0 aliphatic heterocycles. The second-order valence-corrected chi connectivity index (χ2v) is 5.38. The van der Waals surface area contributed by atoms with E-state index in [1.165, 1.54) is 0 Å². The van der Waals surface area contributed by atoms with Gasteiger partial charge in [-0.1, -0.05) is 38.8 Å². The van der Waals surface area contributed by atoms with Crippen LogP contribution in [-0.4, -0.2) is 5.91 Å². The van der Waals surface area contributed by atoms with Gasteiger partial charge in [-0.15, -0.1) is 0 Å². The average Bonchev–Trinajstić information content (AvgIpc) is 2.35. The summed E-state index contributed by atoms with van der Waals surface area (Å²) in [5, 5.41) is 12.0. The fraction of sp³-hybridized carbons (Fsp3) is 0.467. The third-order valence-electron chi connectivity index (χ3n) is 3.29. The molecule has 1 amide bonds. The number of benzene rings is 1. The highest BCUT2D eigenvalue weighted by molar-refractivity contribution is 6.32. The van der Waals surface area contributed by atoms with Gasteiger partial charge in [-0.2, -0.15) is 5.26 Å². The maximum Gasteiger partial charge on any atom is 0.224 e. The molecular formula is C15H19ClN2O. The molecular weight excluding hydrogens is 260 g/mol. The minimum Gasteiger partial charge on any atom is -0.326 e. The van der Waals surface area contributed by atoms with Crippen molar-refractivity contribution in [2.45, 2.75) is 33.6 Å². The number of hydrogen-bond acceptors (Lipinski definition) is 2. The van der Waals surface area contributed by atoms with Gasteiger partial charge in [0.25, 0.3) is 0 Å². The maximum atomic E-state index is 11.9. The minimum absolute atomic E-state index is 0.0127. The van der Waals surface area contributed by atoms with Crippen LogP contribution in [0.1, 0.15) is 39.2 Å². The van der Waals surface area contributed by atoms with Crippen molar-refractivity contribution in [3.63, 3.8) is 0 Å². The fourth-order valence-electron chi connectivity index (χ4n) is 1.99. The number of carbonyl (C=O) groups is 1. The highest BCUT2D eigenvalue weighted by Gasteiger charge is 2.15. The van der Waals surface area contributed by atoms with Gasteiger partial charge >= 0.3 is 0 Å². The lowest BCUT2D eigenvalue weighted by molar-refractivity contribution is -0.117. The minimum atomic E-state index is -0.0127. The molecule has 1 aromatic carbocycles. The van der Waals surface area contributed by atoms with E-state index in [2.05, 4.69) is 26.1 Å². The SMILES string of the molecule is CCC(CC(=O)Nc1ccc(C#N)c(Cl)c1)C(C)C. The first-order valence-electron chi connectivity index (χ1n) is 6.47. The molecule has 0 fully saturated rings. The van der Waals surface area contributed by atoms with E-state index in [0.29, 0.717) is 34.5 Å². The van der Waals surface area contributed by atoms with E-state index < -0.39 is 0 Å². The smallest absolute Gasteiger partial charge is 0.224 e. The van der Waals surface area contributed by atoms with Crippen LogP contribution in [0, 0.1) is 23.2 Å². The fourth-order valence-corrected chi connectivity index (χ4v) is 2.21. The zero-order chi connectivity index (χ0) is 14.4. The quantitative estimate of drug-likeness (QED) is 0.876. The van der Waals surface area contributed by atoms with Crippen molar-refractivity contribution >= 4 is 23.2 Å². The molecule has 3 nitrogen and oxygen atoms in total. The summed E-state index contributed by atoms with van der Waals surface area (Å²) in [6.45, 7) is 6.34. The topological polar surface area (TPSA) is 52.9 Å². The molecule has 1 unspecified atom stereocenters. The van der Waals surface area contributed by atoms with Gasteiger partial charge in [-0.3, -0.25) is 4.79 Å². The molecule has 0 aromatic heterocycles. The Morgan fingerprint density at radius 3 is 2.63 bits per heavy atom. The number of nitrogens with one attached hydrogen (secondary N) is 1. The predicted molar refractivity (Wildman–Crippen MR) is 78.0 cm³/mol. The van der Waals surface area contributed by atoms with Gasteiger partial charge in [-0.05, 0) is 30.0 Å². The Balaban J connectivity index is 2.67. The normalized spacial score (nSPS) is 12.0. The molecule has 0 spiro atoms. The number of rotatable bonds is 5. The zero-order valence-corrected chi connectivity index (χ0v) is 12.3. The van der Waals surface area contributed by atoms with E-state index >= 15 is 0 Å². The Hall–Kier alpha value is -1.53. The van der Waals surface area contributed by atoms with E-state index in [4.69, 9.17) is 16.9 Å². The molecule has 0 saturated carbocycles. The summed E-state index contributed by atoms with van der Waals surface area (Å²) in [4.78, 5) is 11.9. The molecule has 102 valence electrons. The highest BCUT2D eigenvalue weighted by atomic mass is 35.5. The molecule has 0 radical (unpaired) electrons. The monoisotopic (exact) mass is 278 g/mol. The summed E-state index contributed by atoms with van der Waals surface area (Å²) in [6.07, 6.45) is 1.49. The Morgan fingerprint density at radius 1 is 1.47 bits per heavy atom. The van der Waals surface area contributed by atoms with Crippen molar-refractivity contribution in [3.8, 4) is 6.07 Å². The number of halogens is 1. The van der Waals surface area contributed by atoms with Crippen LogP contribution < -0.4 is 5.32 Å². The second kappa shape index (κ2) is 7.16. The number of nitrogens with zero attached hydrogens (tertiary/aromatic N) is 1. The zero-order valence-electron chi connectivity index (χ0n) is 11.5.